The van der Waals surface area contributed by atoms with E-state index >= 15 is 0 Å². The van der Waals surface area contributed by atoms with Gasteiger partial charge < -0.3 is 25.0 Å². The molecule has 0 aliphatic carbocycles. The molecule has 0 saturated heterocycles. The van der Waals surface area contributed by atoms with Gasteiger partial charge in [0.05, 0.1) is 24.3 Å². The summed E-state index contributed by atoms with van der Waals surface area (Å²) in [5.41, 5.74) is 3.99. The Bertz CT molecular complexity index is 1210. The van der Waals surface area contributed by atoms with Gasteiger partial charge in [0.25, 0.3) is 5.91 Å². The lowest BCUT2D eigenvalue weighted by Crippen LogP contribution is -2.36. The summed E-state index contributed by atoms with van der Waals surface area (Å²) in [5.74, 6) is 0.0618. The maximum absolute atomic E-state index is 12.7. The van der Waals surface area contributed by atoms with Crippen molar-refractivity contribution in [3.8, 4) is 11.3 Å². The number of nitrogens with one attached hydrogen (secondary N) is 2. The van der Waals surface area contributed by atoms with Crippen LogP contribution in [0, 0.1) is 0 Å². The van der Waals surface area contributed by atoms with Gasteiger partial charge in [-0.1, -0.05) is 11.6 Å². The molecule has 10 heteroatoms. The van der Waals surface area contributed by atoms with Crippen molar-refractivity contribution in [1.29, 1.82) is 0 Å². The van der Waals surface area contributed by atoms with E-state index in [1.54, 1.807) is 49.6 Å². The quantitative estimate of drug-likeness (QED) is 0.495. The number of hydrogen-bond donors (Lipinski definition) is 2. The van der Waals surface area contributed by atoms with Crippen molar-refractivity contribution in [3.63, 3.8) is 0 Å². The fourth-order valence-electron chi connectivity index (χ4n) is 3.62. The molecule has 1 aromatic heterocycles. The van der Waals surface area contributed by atoms with Gasteiger partial charge in [0.1, 0.15) is 0 Å². The van der Waals surface area contributed by atoms with Crippen LogP contribution >= 0.6 is 11.6 Å². The van der Waals surface area contributed by atoms with Crippen LogP contribution in [0.5, 0.6) is 0 Å². The molecule has 4 rings (SSSR count). The van der Waals surface area contributed by atoms with Gasteiger partial charge in [-0.15, -0.1) is 0 Å². The lowest BCUT2D eigenvalue weighted by molar-refractivity contribution is -0.115. The molecule has 0 bridgehead atoms. The zero-order chi connectivity index (χ0) is 24.2. The Labute approximate surface area is 202 Å². The first-order chi connectivity index (χ1) is 16.4. The molecule has 1 aliphatic heterocycles. The van der Waals surface area contributed by atoms with E-state index in [9.17, 15) is 9.59 Å². The van der Waals surface area contributed by atoms with Crippen molar-refractivity contribution in [2.75, 3.05) is 38.4 Å². The second-order valence-electron chi connectivity index (χ2n) is 7.77. The van der Waals surface area contributed by atoms with Crippen molar-refractivity contribution in [3.05, 3.63) is 64.8 Å². The van der Waals surface area contributed by atoms with Gasteiger partial charge in [0, 0.05) is 54.9 Å². The molecular formula is C24H24ClN5O4. The molecule has 0 unspecified atom stereocenters. The lowest BCUT2D eigenvalue weighted by Gasteiger charge is -2.22. The number of anilines is 3. The smallest absolute Gasteiger partial charge is 0.253 e. The standard InChI is InChI=1S/C24H24ClN5O4/c1-30(13-21(33-2)34-3)23(32)14-4-7-17(8-5-14)27-24-26-12-15-10-20(31)28-19-11-16(25)6-9-18(19)22(15)29-24/h4-9,11-12,21H,10,13H2,1-3H3,(H,28,31)(H,26,27,29). The zero-order valence-corrected chi connectivity index (χ0v) is 19.7. The summed E-state index contributed by atoms with van der Waals surface area (Å²) in [6.07, 6.45) is 1.31. The van der Waals surface area contributed by atoms with Crippen molar-refractivity contribution < 1.29 is 19.1 Å². The number of hydrogen-bond acceptors (Lipinski definition) is 7. The molecule has 0 atom stereocenters. The minimum absolute atomic E-state index is 0.153. The molecule has 2 N–H and O–H groups in total. The summed E-state index contributed by atoms with van der Waals surface area (Å²) in [6.45, 7) is 0.304. The highest BCUT2D eigenvalue weighted by molar-refractivity contribution is 6.31. The van der Waals surface area contributed by atoms with Crippen LogP contribution in [-0.4, -0.2) is 60.8 Å². The monoisotopic (exact) mass is 481 g/mol. The van der Waals surface area contributed by atoms with Crippen molar-refractivity contribution >= 4 is 40.7 Å². The van der Waals surface area contributed by atoms with E-state index in [4.69, 9.17) is 21.1 Å². The lowest BCUT2D eigenvalue weighted by atomic mass is 10.1. The number of fused-ring (bicyclic) bond motifs is 3. The number of likely N-dealkylation sites (N-methyl/N-ethyl adjacent to an activating group) is 1. The zero-order valence-electron chi connectivity index (χ0n) is 19.0. The highest BCUT2D eigenvalue weighted by Gasteiger charge is 2.21. The molecule has 0 spiro atoms. The number of benzene rings is 2. The maximum Gasteiger partial charge on any atom is 0.253 e. The average Bonchev–Trinajstić information content (AvgIpc) is 2.96. The fraction of sp³-hybridized carbons (Fsp3) is 0.250. The minimum Gasteiger partial charge on any atom is -0.354 e. The van der Waals surface area contributed by atoms with Crippen LogP contribution in [-0.2, 0) is 20.7 Å². The first-order valence-corrected chi connectivity index (χ1v) is 10.9. The van der Waals surface area contributed by atoms with Crippen LogP contribution in [0.2, 0.25) is 5.02 Å². The number of carbonyl (C=O) groups excluding carboxylic acids is 2. The first-order valence-electron chi connectivity index (χ1n) is 10.5. The predicted molar refractivity (Wildman–Crippen MR) is 129 cm³/mol. The van der Waals surface area contributed by atoms with Crippen molar-refractivity contribution in [2.24, 2.45) is 0 Å². The van der Waals surface area contributed by atoms with E-state index < -0.39 is 6.29 Å². The number of nitrogens with zero attached hydrogens (tertiary/aromatic N) is 3. The SMILES string of the molecule is COC(CN(C)C(=O)c1ccc(Nc2ncc3c(n2)-c2ccc(Cl)cc2NC(=O)C3)cc1)OC. The number of carbonyl (C=O) groups is 2. The van der Waals surface area contributed by atoms with Gasteiger partial charge in [-0.25, -0.2) is 9.97 Å². The molecule has 34 heavy (non-hydrogen) atoms. The summed E-state index contributed by atoms with van der Waals surface area (Å²) in [6, 6.07) is 12.3. The van der Waals surface area contributed by atoms with Crippen LogP contribution < -0.4 is 10.6 Å². The summed E-state index contributed by atoms with van der Waals surface area (Å²) in [4.78, 5) is 35.5. The Kier molecular flexibility index (Phi) is 7.06. The van der Waals surface area contributed by atoms with Crippen LogP contribution in [0.15, 0.2) is 48.7 Å². The fourth-order valence-corrected chi connectivity index (χ4v) is 3.79. The van der Waals surface area contributed by atoms with Crippen molar-refractivity contribution in [1.82, 2.24) is 14.9 Å². The van der Waals surface area contributed by atoms with Gasteiger partial charge in [-0.2, -0.15) is 0 Å². The van der Waals surface area contributed by atoms with E-state index in [0.717, 1.165) is 11.1 Å². The van der Waals surface area contributed by atoms with Crippen molar-refractivity contribution in [2.45, 2.75) is 12.7 Å². The number of rotatable bonds is 7. The Morgan fingerprint density at radius 1 is 1.21 bits per heavy atom. The molecule has 176 valence electrons. The summed E-state index contributed by atoms with van der Waals surface area (Å²) >= 11 is 6.10. The molecule has 0 radical (unpaired) electrons. The Balaban J connectivity index is 1.53. The minimum atomic E-state index is -0.494. The van der Waals surface area contributed by atoms with Crippen LogP contribution in [0.3, 0.4) is 0 Å². The molecule has 0 fully saturated rings. The third kappa shape index (κ3) is 5.17. The third-order valence-corrected chi connectivity index (χ3v) is 5.64. The number of amides is 2. The number of aromatic nitrogens is 2. The first kappa shape index (κ1) is 23.6. The Hall–Kier alpha value is -3.53. The molecule has 2 amide bonds. The second-order valence-corrected chi connectivity index (χ2v) is 8.21. The number of methoxy groups -OCH3 is 2. The summed E-state index contributed by atoms with van der Waals surface area (Å²) in [5, 5.41) is 6.54. The van der Waals surface area contributed by atoms with Gasteiger partial charge in [0.15, 0.2) is 6.29 Å². The molecular weight excluding hydrogens is 458 g/mol. The van der Waals surface area contributed by atoms with Gasteiger partial charge in [-0.05, 0) is 42.5 Å². The van der Waals surface area contributed by atoms with E-state index in [0.29, 0.717) is 40.1 Å². The van der Waals surface area contributed by atoms with Gasteiger partial charge in [0.2, 0.25) is 11.9 Å². The Morgan fingerprint density at radius 2 is 1.94 bits per heavy atom. The van der Waals surface area contributed by atoms with E-state index in [2.05, 4.69) is 20.6 Å². The van der Waals surface area contributed by atoms with Crippen LogP contribution in [0.25, 0.3) is 11.3 Å². The van der Waals surface area contributed by atoms with Crippen LogP contribution in [0.4, 0.5) is 17.3 Å². The van der Waals surface area contributed by atoms with E-state index in [-0.39, 0.29) is 18.2 Å². The van der Waals surface area contributed by atoms with Gasteiger partial charge in [-0.3, -0.25) is 9.59 Å². The van der Waals surface area contributed by atoms with E-state index in [1.165, 1.54) is 19.1 Å². The molecule has 2 heterocycles. The highest BCUT2D eigenvalue weighted by atomic mass is 35.5. The molecule has 0 saturated carbocycles. The number of ether oxygens (including phenoxy) is 2. The normalized spacial score (nSPS) is 12.4. The second kappa shape index (κ2) is 10.2. The molecule has 1 aliphatic rings. The summed E-state index contributed by atoms with van der Waals surface area (Å²) < 4.78 is 10.3. The molecule has 9 nitrogen and oxygen atoms in total. The average molecular weight is 482 g/mol. The molecule has 2 aromatic carbocycles. The maximum atomic E-state index is 12.7. The number of halogens is 1. The van der Waals surface area contributed by atoms with Gasteiger partial charge >= 0.3 is 0 Å². The largest absolute Gasteiger partial charge is 0.354 e. The molecule has 3 aromatic rings. The summed E-state index contributed by atoms with van der Waals surface area (Å²) in [7, 11) is 4.74. The van der Waals surface area contributed by atoms with E-state index in [1.807, 2.05) is 6.07 Å². The predicted octanol–water partition coefficient (Wildman–Crippen LogP) is 3.73. The highest BCUT2D eigenvalue weighted by Crippen LogP contribution is 2.34. The Morgan fingerprint density at radius 3 is 2.65 bits per heavy atom. The van der Waals surface area contributed by atoms with Crippen LogP contribution in [0.1, 0.15) is 15.9 Å². The third-order valence-electron chi connectivity index (χ3n) is 5.41. The topological polar surface area (TPSA) is 106 Å².